The Hall–Kier alpha value is -0.0800. The number of rotatable bonds is 5. The van der Waals surface area contributed by atoms with Crippen LogP contribution in [0.4, 0.5) is 0 Å². The highest BCUT2D eigenvalue weighted by Crippen LogP contribution is 2.21. The lowest BCUT2D eigenvalue weighted by molar-refractivity contribution is 0.300. The van der Waals surface area contributed by atoms with Gasteiger partial charge in [-0.1, -0.05) is 19.3 Å². The maximum atomic E-state index is 3.43. The molecule has 0 atom stereocenters. The van der Waals surface area contributed by atoms with Crippen molar-refractivity contribution >= 4 is 0 Å². The predicted molar refractivity (Wildman–Crippen MR) is 60.4 cm³/mol. The summed E-state index contributed by atoms with van der Waals surface area (Å²) in [6.45, 7) is 5.09. The molecule has 2 aliphatic heterocycles. The molecule has 0 unspecified atom stereocenters. The van der Waals surface area contributed by atoms with Gasteiger partial charge in [-0.3, -0.25) is 0 Å². The third-order valence-corrected chi connectivity index (χ3v) is 3.80. The third-order valence-electron chi connectivity index (χ3n) is 3.80. The van der Waals surface area contributed by atoms with E-state index in [2.05, 4.69) is 10.6 Å². The van der Waals surface area contributed by atoms with Gasteiger partial charge in [-0.15, -0.1) is 0 Å². The van der Waals surface area contributed by atoms with Crippen LogP contribution in [0, 0.1) is 11.8 Å². The number of unbranched alkanes of at least 4 members (excludes halogenated alkanes) is 1. The molecule has 2 fully saturated rings. The quantitative estimate of drug-likeness (QED) is 0.655. The Labute approximate surface area is 87.8 Å². The van der Waals surface area contributed by atoms with Crippen LogP contribution in [0.1, 0.15) is 38.5 Å². The predicted octanol–water partition coefficient (Wildman–Crippen LogP) is 1.77. The van der Waals surface area contributed by atoms with Gasteiger partial charge >= 0.3 is 0 Å². The molecule has 0 spiro atoms. The van der Waals surface area contributed by atoms with Crippen molar-refractivity contribution in [1.82, 2.24) is 10.6 Å². The molecule has 82 valence electrons. The highest BCUT2D eigenvalue weighted by atomic mass is 14.9. The van der Waals surface area contributed by atoms with Gasteiger partial charge in [-0.05, 0) is 57.3 Å². The van der Waals surface area contributed by atoms with Crippen molar-refractivity contribution in [2.75, 3.05) is 26.2 Å². The Morgan fingerprint density at radius 3 is 2.00 bits per heavy atom. The number of hydrogen-bond donors (Lipinski definition) is 2. The molecule has 0 aromatic rings. The van der Waals surface area contributed by atoms with E-state index in [1.165, 1.54) is 64.7 Å². The number of piperidine rings is 1. The zero-order chi connectivity index (χ0) is 9.64. The monoisotopic (exact) mass is 196 g/mol. The molecule has 0 aromatic heterocycles. The Balaban J connectivity index is 1.45. The molecule has 0 radical (unpaired) electrons. The molecule has 2 saturated heterocycles. The Bertz CT molecular complexity index is 148. The van der Waals surface area contributed by atoms with E-state index in [1.54, 1.807) is 0 Å². The van der Waals surface area contributed by atoms with Crippen LogP contribution in [0.5, 0.6) is 0 Å². The van der Waals surface area contributed by atoms with E-state index in [4.69, 9.17) is 0 Å². The number of hydrogen-bond acceptors (Lipinski definition) is 2. The summed E-state index contributed by atoms with van der Waals surface area (Å²) in [5.41, 5.74) is 0. The van der Waals surface area contributed by atoms with Crippen LogP contribution in [-0.2, 0) is 0 Å². The topological polar surface area (TPSA) is 24.1 Å². The molecule has 0 bridgehead atoms. The maximum absolute atomic E-state index is 3.43. The van der Waals surface area contributed by atoms with E-state index in [-0.39, 0.29) is 0 Å². The zero-order valence-corrected chi connectivity index (χ0v) is 9.23. The van der Waals surface area contributed by atoms with Crippen molar-refractivity contribution < 1.29 is 0 Å². The van der Waals surface area contributed by atoms with Crippen molar-refractivity contribution in [3.63, 3.8) is 0 Å². The average molecular weight is 196 g/mol. The van der Waals surface area contributed by atoms with Gasteiger partial charge in [0, 0.05) is 0 Å². The molecule has 2 rings (SSSR count). The molecule has 0 saturated carbocycles. The Kier molecular flexibility index (Phi) is 4.26. The highest BCUT2D eigenvalue weighted by Gasteiger charge is 2.16. The average Bonchev–Trinajstić information content (AvgIpc) is 2.16. The fraction of sp³-hybridized carbons (Fsp3) is 1.00. The molecular formula is C12H24N2. The van der Waals surface area contributed by atoms with Crippen LogP contribution in [0.2, 0.25) is 0 Å². The van der Waals surface area contributed by atoms with Crippen molar-refractivity contribution in [2.45, 2.75) is 38.5 Å². The minimum atomic E-state index is 1.02. The molecule has 2 heterocycles. The van der Waals surface area contributed by atoms with E-state index in [1.807, 2.05) is 0 Å². The van der Waals surface area contributed by atoms with Crippen molar-refractivity contribution in [2.24, 2.45) is 11.8 Å². The second-order valence-electron chi connectivity index (χ2n) is 5.00. The van der Waals surface area contributed by atoms with E-state index >= 15 is 0 Å². The summed E-state index contributed by atoms with van der Waals surface area (Å²) >= 11 is 0. The van der Waals surface area contributed by atoms with Crippen LogP contribution < -0.4 is 10.6 Å². The van der Waals surface area contributed by atoms with E-state index in [0.717, 1.165) is 11.8 Å². The second kappa shape index (κ2) is 5.72. The fourth-order valence-corrected chi connectivity index (χ4v) is 2.59. The molecule has 0 aliphatic carbocycles. The molecule has 2 heteroatoms. The standard InChI is InChI=1S/C12H24N2/c1(2-4-12-9-14-10-12)3-11-5-7-13-8-6-11/h11-14H,1-10H2. The van der Waals surface area contributed by atoms with Crippen LogP contribution in [-0.4, -0.2) is 26.2 Å². The summed E-state index contributed by atoms with van der Waals surface area (Å²) in [4.78, 5) is 0. The second-order valence-corrected chi connectivity index (χ2v) is 5.00. The van der Waals surface area contributed by atoms with Gasteiger partial charge in [0.25, 0.3) is 0 Å². The molecule has 2 N–H and O–H groups in total. The van der Waals surface area contributed by atoms with Crippen molar-refractivity contribution in [3.05, 3.63) is 0 Å². The molecule has 0 amide bonds. The van der Waals surface area contributed by atoms with Crippen molar-refractivity contribution in [1.29, 1.82) is 0 Å². The zero-order valence-electron chi connectivity index (χ0n) is 9.23. The van der Waals surface area contributed by atoms with Gasteiger partial charge in [0.15, 0.2) is 0 Å². The maximum Gasteiger partial charge on any atom is -0.000826 e. The van der Waals surface area contributed by atoms with E-state index < -0.39 is 0 Å². The van der Waals surface area contributed by atoms with Gasteiger partial charge in [0.05, 0.1) is 0 Å². The molecule has 2 aliphatic rings. The lowest BCUT2D eigenvalue weighted by Crippen LogP contribution is -2.41. The van der Waals surface area contributed by atoms with Gasteiger partial charge in [0.2, 0.25) is 0 Å². The third kappa shape index (κ3) is 3.25. The summed E-state index contributed by atoms with van der Waals surface area (Å²) in [7, 11) is 0. The summed E-state index contributed by atoms with van der Waals surface area (Å²) in [5, 5.41) is 6.78. The summed E-state index contributed by atoms with van der Waals surface area (Å²) < 4.78 is 0. The first kappa shape index (κ1) is 10.4. The van der Waals surface area contributed by atoms with Crippen LogP contribution in [0.25, 0.3) is 0 Å². The Morgan fingerprint density at radius 2 is 1.43 bits per heavy atom. The van der Waals surface area contributed by atoms with Crippen LogP contribution in [0.15, 0.2) is 0 Å². The lowest BCUT2D eigenvalue weighted by atomic mass is 9.90. The Morgan fingerprint density at radius 1 is 0.786 bits per heavy atom. The van der Waals surface area contributed by atoms with Gasteiger partial charge in [0.1, 0.15) is 0 Å². The highest BCUT2D eigenvalue weighted by molar-refractivity contribution is 4.74. The largest absolute Gasteiger partial charge is 0.317 e. The first-order valence-electron chi connectivity index (χ1n) is 6.36. The van der Waals surface area contributed by atoms with Crippen molar-refractivity contribution in [3.8, 4) is 0 Å². The number of nitrogens with one attached hydrogen (secondary N) is 2. The minimum Gasteiger partial charge on any atom is -0.317 e. The molecular weight excluding hydrogens is 172 g/mol. The smallest absolute Gasteiger partial charge is 0.000826 e. The minimum absolute atomic E-state index is 1.02. The first-order valence-corrected chi connectivity index (χ1v) is 6.36. The summed E-state index contributed by atoms with van der Waals surface area (Å²) in [6, 6.07) is 0. The first-order chi connectivity index (χ1) is 6.95. The molecule has 14 heavy (non-hydrogen) atoms. The molecule has 0 aromatic carbocycles. The van der Waals surface area contributed by atoms with E-state index in [9.17, 15) is 0 Å². The summed E-state index contributed by atoms with van der Waals surface area (Å²) in [5.74, 6) is 2.05. The van der Waals surface area contributed by atoms with Crippen LogP contribution >= 0.6 is 0 Å². The normalized spacial score (nSPS) is 24.9. The van der Waals surface area contributed by atoms with E-state index in [0.29, 0.717) is 0 Å². The van der Waals surface area contributed by atoms with Gasteiger partial charge < -0.3 is 10.6 Å². The lowest BCUT2D eigenvalue weighted by Gasteiger charge is -2.27. The van der Waals surface area contributed by atoms with Gasteiger partial charge in [-0.2, -0.15) is 0 Å². The fourth-order valence-electron chi connectivity index (χ4n) is 2.59. The SMILES string of the molecule is C(CCC1CNC1)CC1CCNCC1. The molecule has 2 nitrogen and oxygen atoms in total. The van der Waals surface area contributed by atoms with Gasteiger partial charge in [-0.25, -0.2) is 0 Å². The van der Waals surface area contributed by atoms with Crippen LogP contribution in [0.3, 0.4) is 0 Å². The summed E-state index contributed by atoms with van der Waals surface area (Å²) in [6.07, 6.45) is 8.74.